The Morgan fingerprint density at radius 2 is 0.846 bits per heavy atom. The second-order valence-electron chi connectivity index (χ2n) is 5.14. The van der Waals surface area contributed by atoms with Crippen molar-refractivity contribution in [3.05, 3.63) is 0 Å². The average molecular weight is 184 g/mol. The largest absolute Gasteiger partial charge is 0.0628 e. The Hall–Kier alpha value is 0. The molecule has 0 nitrogen and oxygen atoms in total. The minimum Gasteiger partial charge on any atom is -0.0628 e. The molecule has 1 fully saturated rings. The lowest BCUT2D eigenvalue weighted by atomic mass is 10.0. The fourth-order valence-electron chi connectivity index (χ4n) is 2.00. The van der Waals surface area contributed by atoms with Gasteiger partial charge in [-0.3, -0.25) is 0 Å². The van der Waals surface area contributed by atoms with Crippen LogP contribution in [0.1, 0.15) is 72.6 Å². The van der Waals surface area contributed by atoms with E-state index < -0.39 is 0 Å². The third-order valence-corrected chi connectivity index (χ3v) is 2.44. The summed E-state index contributed by atoms with van der Waals surface area (Å²) in [5, 5.41) is 0. The van der Waals surface area contributed by atoms with Gasteiger partial charge >= 0.3 is 0 Å². The molecule has 1 aliphatic rings. The molecular formula is C13H28. The van der Waals surface area contributed by atoms with E-state index in [2.05, 4.69) is 27.7 Å². The molecule has 13 heavy (non-hydrogen) atoms. The number of hydrogen-bond acceptors (Lipinski definition) is 0. The molecule has 0 spiro atoms. The van der Waals surface area contributed by atoms with Gasteiger partial charge in [0.15, 0.2) is 0 Å². The molecule has 0 radical (unpaired) electrons. The first kappa shape index (κ1) is 13.0. The van der Waals surface area contributed by atoms with Crippen molar-refractivity contribution in [2.24, 2.45) is 11.8 Å². The monoisotopic (exact) mass is 184 g/mol. The van der Waals surface area contributed by atoms with E-state index >= 15 is 0 Å². The number of hydrogen-bond donors (Lipinski definition) is 0. The maximum Gasteiger partial charge on any atom is -0.0469 e. The second-order valence-corrected chi connectivity index (χ2v) is 5.14. The molecule has 1 aliphatic carbocycles. The van der Waals surface area contributed by atoms with Gasteiger partial charge in [-0.1, -0.05) is 66.2 Å². The second kappa shape index (κ2) is 8.59. The zero-order chi connectivity index (χ0) is 10.1. The minimum atomic E-state index is 0.875. The third kappa shape index (κ3) is 12.0. The molecule has 0 N–H and O–H groups in total. The van der Waals surface area contributed by atoms with Gasteiger partial charge in [-0.25, -0.2) is 0 Å². The zero-order valence-electron chi connectivity index (χ0n) is 10.1. The molecule has 0 aromatic heterocycles. The molecule has 80 valence electrons. The fraction of sp³-hybridized carbons (Fsp3) is 1.00. The zero-order valence-corrected chi connectivity index (χ0v) is 10.1. The Bertz CT molecular complexity index is 70.7. The quantitative estimate of drug-likeness (QED) is 0.564. The highest BCUT2D eigenvalue weighted by Gasteiger charge is 1.96. The van der Waals surface area contributed by atoms with Gasteiger partial charge < -0.3 is 0 Å². The predicted octanol–water partition coefficient (Wildman–Crippen LogP) is 5.03. The van der Waals surface area contributed by atoms with E-state index in [4.69, 9.17) is 0 Å². The van der Waals surface area contributed by atoms with Crippen molar-refractivity contribution in [3.8, 4) is 0 Å². The molecule has 0 aromatic carbocycles. The summed E-state index contributed by atoms with van der Waals surface area (Å²) in [5.41, 5.74) is 0. The maximum absolute atomic E-state index is 2.26. The highest BCUT2D eigenvalue weighted by molar-refractivity contribution is 4.51. The van der Waals surface area contributed by atoms with E-state index in [9.17, 15) is 0 Å². The summed E-state index contributed by atoms with van der Waals surface area (Å²) in [6.07, 6.45) is 10.4. The molecule has 0 aromatic rings. The summed E-state index contributed by atoms with van der Waals surface area (Å²) < 4.78 is 0. The Balaban J connectivity index is 0.000000223. The first-order valence-corrected chi connectivity index (χ1v) is 6.13. The van der Waals surface area contributed by atoms with Gasteiger partial charge in [0.1, 0.15) is 0 Å². The van der Waals surface area contributed by atoms with Crippen LogP contribution in [0, 0.1) is 11.8 Å². The van der Waals surface area contributed by atoms with Crippen molar-refractivity contribution in [1.82, 2.24) is 0 Å². The van der Waals surface area contributed by atoms with E-state index in [0.29, 0.717) is 0 Å². The Morgan fingerprint density at radius 1 is 0.615 bits per heavy atom. The smallest absolute Gasteiger partial charge is 0.0469 e. The van der Waals surface area contributed by atoms with Gasteiger partial charge in [0, 0.05) is 0 Å². The van der Waals surface area contributed by atoms with Gasteiger partial charge in [0.2, 0.25) is 0 Å². The van der Waals surface area contributed by atoms with Crippen LogP contribution in [0.4, 0.5) is 0 Å². The summed E-state index contributed by atoms with van der Waals surface area (Å²) in [7, 11) is 0. The Kier molecular flexibility index (Phi) is 8.59. The van der Waals surface area contributed by atoms with E-state index in [1.807, 2.05) is 0 Å². The van der Waals surface area contributed by atoms with Crippen molar-refractivity contribution in [2.75, 3.05) is 0 Å². The topological polar surface area (TPSA) is 0 Å². The first-order chi connectivity index (χ1) is 6.13. The van der Waals surface area contributed by atoms with Crippen molar-refractivity contribution in [3.63, 3.8) is 0 Å². The van der Waals surface area contributed by atoms with Gasteiger partial charge in [0.05, 0.1) is 0 Å². The Labute approximate surface area is 85.1 Å². The van der Waals surface area contributed by atoms with Crippen LogP contribution in [0.2, 0.25) is 0 Å². The minimum absolute atomic E-state index is 0.875. The lowest BCUT2D eigenvalue weighted by molar-refractivity contribution is 0.469. The maximum atomic E-state index is 2.26. The molecule has 0 atom stereocenters. The molecule has 0 unspecified atom stereocenters. The van der Waals surface area contributed by atoms with Crippen molar-refractivity contribution in [2.45, 2.75) is 72.6 Å². The van der Waals surface area contributed by atoms with Crippen LogP contribution < -0.4 is 0 Å². The standard InChI is InChI=1S/C7H16.C6H12/c1-6(2)5-7(3)4;1-2-4-6-5-3-1/h6-7H,5H2,1-4H3;1-6H2. The lowest BCUT2D eigenvalue weighted by Crippen LogP contribution is -1.93. The lowest BCUT2D eigenvalue weighted by Gasteiger charge is -2.05. The van der Waals surface area contributed by atoms with Crippen LogP contribution in [-0.4, -0.2) is 0 Å². The van der Waals surface area contributed by atoms with E-state index in [-0.39, 0.29) is 0 Å². The van der Waals surface area contributed by atoms with Crippen molar-refractivity contribution in [1.29, 1.82) is 0 Å². The molecule has 0 heterocycles. The van der Waals surface area contributed by atoms with Crippen LogP contribution in [-0.2, 0) is 0 Å². The summed E-state index contributed by atoms with van der Waals surface area (Å²) in [6.45, 7) is 9.06. The summed E-state index contributed by atoms with van der Waals surface area (Å²) >= 11 is 0. The summed E-state index contributed by atoms with van der Waals surface area (Å²) in [5.74, 6) is 1.75. The molecule has 0 amide bonds. The van der Waals surface area contributed by atoms with E-state index in [1.165, 1.54) is 44.9 Å². The van der Waals surface area contributed by atoms with Gasteiger partial charge in [0.25, 0.3) is 0 Å². The first-order valence-electron chi connectivity index (χ1n) is 6.13. The normalized spacial score (nSPS) is 17.1. The molecule has 1 rings (SSSR count). The number of rotatable bonds is 2. The molecule has 0 bridgehead atoms. The highest BCUT2D eigenvalue weighted by Crippen LogP contribution is 2.15. The van der Waals surface area contributed by atoms with Crippen LogP contribution in [0.5, 0.6) is 0 Å². The molecule has 1 saturated carbocycles. The summed E-state index contributed by atoms with van der Waals surface area (Å²) in [4.78, 5) is 0. The van der Waals surface area contributed by atoms with Crippen molar-refractivity contribution < 1.29 is 0 Å². The van der Waals surface area contributed by atoms with Crippen LogP contribution in [0.3, 0.4) is 0 Å². The van der Waals surface area contributed by atoms with E-state index in [1.54, 1.807) is 0 Å². The third-order valence-electron chi connectivity index (χ3n) is 2.44. The van der Waals surface area contributed by atoms with Crippen LogP contribution in [0.15, 0.2) is 0 Å². The summed E-state index contributed by atoms with van der Waals surface area (Å²) in [6, 6.07) is 0. The predicted molar refractivity (Wildman–Crippen MR) is 62.0 cm³/mol. The molecule has 0 aliphatic heterocycles. The average Bonchev–Trinajstić information content (AvgIpc) is 2.06. The van der Waals surface area contributed by atoms with E-state index in [0.717, 1.165) is 11.8 Å². The highest BCUT2D eigenvalue weighted by atomic mass is 14.0. The van der Waals surface area contributed by atoms with Gasteiger partial charge in [-0.2, -0.15) is 0 Å². The van der Waals surface area contributed by atoms with Gasteiger partial charge in [-0.05, 0) is 18.3 Å². The SMILES string of the molecule is C1CCCCC1.CC(C)CC(C)C. The molecular weight excluding hydrogens is 156 g/mol. The fourth-order valence-corrected chi connectivity index (χ4v) is 2.00. The van der Waals surface area contributed by atoms with Crippen molar-refractivity contribution >= 4 is 0 Å². The van der Waals surface area contributed by atoms with Crippen LogP contribution >= 0.6 is 0 Å². The molecule has 0 saturated heterocycles. The Morgan fingerprint density at radius 3 is 0.923 bits per heavy atom. The molecule has 0 heteroatoms. The van der Waals surface area contributed by atoms with Gasteiger partial charge in [-0.15, -0.1) is 0 Å². The van der Waals surface area contributed by atoms with Crippen LogP contribution in [0.25, 0.3) is 0 Å².